The maximum atomic E-state index is 9.24. The fourth-order valence-corrected chi connectivity index (χ4v) is 2.72. The summed E-state index contributed by atoms with van der Waals surface area (Å²) in [5, 5.41) is 44.3. The fourth-order valence-electron chi connectivity index (χ4n) is 2.72. The maximum Gasteiger partial charge on any atom is 0.119 e. The Hall–Kier alpha value is -1.86. The van der Waals surface area contributed by atoms with Crippen LogP contribution < -0.4 is 4.74 Å². The first-order valence-electron chi connectivity index (χ1n) is 9.90. The van der Waals surface area contributed by atoms with Crippen molar-refractivity contribution in [3.63, 3.8) is 0 Å². The van der Waals surface area contributed by atoms with Crippen LogP contribution in [0.5, 0.6) is 11.5 Å². The van der Waals surface area contributed by atoms with Gasteiger partial charge in [0.1, 0.15) is 17.6 Å². The van der Waals surface area contributed by atoms with E-state index >= 15 is 0 Å². The third-order valence-corrected chi connectivity index (χ3v) is 4.42. The number of rotatable bonds is 10. The highest BCUT2D eigenvalue weighted by Crippen LogP contribution is 2.17. The first-order chi connectivity index (χ1) is 13.9. The third kappa shape index (κ3) is 12.3. The Bertz CT molecular complexity index is 573. The van der Waals surface area contributed by atoms with Crippen LogP contribution in [0.4, 0.5) is 0 Å². The molecule has 0 aliphatic carbocycles. The molecule has 1 aromatic rings. The minimum Gasteiger partial charge on any atom is -0.508 e. The monoisotopic (exact) mass is 411 g/mol. The molecule has 1 saturated heterocycles. The van der Waals surface area contributed by atoms with E-state index in [1.807, 2.05) is 0 Å². The molecule has 1 aliphatic heterocycles. The van der Waals surface area contributed by atoms with E-state index in [0.29, 0.717) is 12.8 Å². The number of phenolic OH excluding ortho intramolecular Hbond substituents is 1. The second kappa shape index (κ2) is 15.0. The number of aliphatic hydroxyl groups is 2. The maximum absolute atomic E-state index is 9.24. The lowest BCUT2D eigenvalue weighted by Gasteiger charge is -2.30. The average Bonchev–Trinajstić information content (AvgIpc) is 2.70. The summed E-state index contributed by atoms with van der Waals surface area (Å²) < 4.78 is 10.7. The van der Waals surface area contributed by atoms with E-state index in [1.54, 1.807) is 24.3 Å². The molecule has 5 N–H and O–H groups in total. The molecule has 0 spiro atoms. The van der Waals surface area contributed by atoms with Gasteiger partial charge in [0.25, 0.3) is 0 Å². The lowest BCUT2D eigenvalue weighted by Crippen LogP contribution is -2.42. The van der Waals surface area contributed by atoms with Crippen LogP contribution in [0, 0.1) is 12.3 Å². The van der Waals surface area contributed by atoms with Gasteiger partial charge in [-0.15, -0.1) is 12.3 Å². The Morgan fingerprint density at radius 2 is 1.76 bits per heavy atom. The molecule has 1 heterocycles. The largest absolute Gasteiger partial charge is 0.508 e. The van der Waals surface area contributed by atoms with E-state index in [2.05, 4.69) is 5.92 Å². The average molecular weight is 411 g/mol. The van der Waals surface area contributed by atoms with Crippen LogP contribution in [-0.4, -0.2) is 69.0 Å². The molecule has 8 nitrogen and oxygen atoms in total. The summed E-state index contributed by atoms with van der Waals surface area (Å²) in [4.78, 5) is 0. The van der Waals surface area contributed by atoms with Crippen LogP contribution in [-0.2, 0) is 4.74 Å². The van der Waals surface area contributed by atoms with Gasteiger partial charge in [-0.25, -0.2) is 0 Å². The molecule has 164 valence electrons. The van der Waals surface area contributed by atoms with Crippen molar-refractivity contribution in [3.05, 3.63) is 24.3 Å². The molecule has 1 aliphatic rings. The van der Waals surface area contributed by atoms with Crippen molar-refractivity contribution in [2.24, 2.45) is 0 Å². The lowest BCUT2D eigenvalue weighted by molar-refractivity contribution is -0.309. The summed E-state index contributed by atoms with van der Waals surface area (Å²) in [6.07, 6.45) is 9.44. The van der Waals surface area contributed by atoms with Crippen LogP contribution in [0.15, 0.2) is 24.3 Å². The van der Waals surface area contributed by atoms with E-state index in [0.717, 1.165) is 38.0 Å². The highest BCUT2D eigenvalue weighted by atomic mass is 16.8. The summed E-state index contributed by atoms with van der Waals surface area (Å²) >= 11 is 0. The van der Waals surface area contributed by atoms with Gasteiger partial charge in [-0.3, -0.25) is 10.4 Å². The molecule has 0 radical (unpaired) electrons. The summed E-state index contributed by atoms with van der Waals surface area (Å²) in [7, 11) is 0. The van der Waals surface area contributed by atoms with Gasteiger partial charge in [-0.1, -0.05) is 18.1 Å². The highest BCUT2D eigenvalue weighted by molar-refractivity contribution is 5.29. The van der Waals surface area contributed by atoms with Gasteiger partial charge in [-0.2, -0.15) is 0 Å². The number of aliphatic hydroxyl groups excluding tert-OH is 2. The van der Waals surface area contributed by atoms with Crippen molar-refractivity contribution in [3.8, 4) is 23.8 Å². The number of benzene rings is 1. The summed E-state index contributed by atoms with van der Waals surface area (Å²) in [5.41, 5.74) is 0. The molecular weight excluding hydrogens is 378 g/mol. The van der Waals surface area contributed by atoms with Gasteiger partial charge in [0, 0.05) is 12.8 Å². The zero-order valence-corrected chi connectivity index (χ0v) is 16.7. The number of hydroxylamine groups is 2. The van der Waals surface area contributed by atoms with Crippen LogP contribution in [0.2, 0.25) is 0 Å². The molecule has 8 heteroatoms. The van der Waals surface area contributed by atoms with Crippen molar-refractivity contribution in [1.29, 1.82) is 0 Å². The molecule has 2 rings (SSSR count). The fraction of sp³-hybridized carbons (Fsp3) is 0.619. The van der Waals surface area contributed by atoms with Gasteiger partial charge >= 0.3 is 0 Å². The van der Waals surface area contributed by atoms with Crippen molar-refractivity contribution in [1.82, 2.24) is 5.23 Å². The first kappa shape index (κ1) is 25.2. The van der Waals surface area contributed by atoms with E-state index in [1.165, 1.54) is 6.42 Å². The number of unbranched alkanes of at least 4 members (excludes halogenated alkanes) is 4. The van der Waals surface area contributed by atoms with Crippen molar-refractivity contribution in [2.75, 3.05) is 19.8 Å². The molecule has 3 atom stereocenters. The number of aromatic hydroxyl groups is 1. The number of terminal acetylenes is 1. The minimum absolute atomic E-state index is 0.0630. The molecule has 29 heavy (non-hydrogen) atoms. The molecule has 1 aromatic carbocycles. The van der Waals surface area contributed by atoms with Crippen LogP contribution in [0.1, 0.15) is 44.9 Å². The molecule has 0 amide bonds. The molecule has 1 fully saturated rings. The van der Waals surface area contributed by atoms with E-state index in [9.17, 15) is 5.11 Å². The smallest absolute Gasteiger partial charge is 0.119 e. The predicted octanol–water partition coefficient (Wildman–Crippen LogP) is 2.32. The standard InChI is InChI=1S/C14H18O2.C7H15NO5/c1-2-3-4-5-6-7-12-16-14-10-8-13(15)9-11-14;9-6-3-5(1-2-8(11)12)13-4-7(6)10/h1,8-11,15H,3-7,12H2;5-7,9-12H,1-4H2. The second-order valence-electron chi connectivity index (χ2n) is 6.92. The Labute approximate surface area is 172 Å². The van der Waals surface area contributed by atoms with Crippen molar-refractivity contribution < 1.29 is 35.2 Å². The predicted molar refractivity (Wildman–Crippen MR) is 107 cm³/mol. The summed E-state index contributed by atoms with van der Waals surface area (Å²) in [5.74, 6) is 3.71. The van der Waals surface area contributed by atoms with Gasteiger partial charge in [0.2, 0.25) is 0 Å². The first-order valence-corrected chi connectivity index (χ1v) is 9.90. The number of phenols is 1. The van der Waals surface area contributed by atoms with Gasteiger partial charge in [0.15, 0.2) is 0 Å². The van der Waals surface area contributed by atoms with Crippen LogP contribution in [0.3, 0.4) is 0 Å². The van der Waals surface area contributed by atoms with E-state index < -0.39 is 12.2 Å². The molecule has 0 aromatic heterocycles. The minimum atomic E-state index is -0.824. The summed E-state index contributed by atoms with van der Waals surface area (Å²) in [6.45, 7) is 0.886. The zero-order valence-electron chi connectivity index (χ0n) is 16.7. The van der Waals surface area contributed by atoms with Gasteiger partial charge in [0.05, 0.1) is 32.0 Å². The number of ether oxygens (including phenoxy) is 2. The zero-order chi connectivity index (χ0) is 21.5. The van der Waals surface area contributed by atoms with Crippen molar-refractivity contribution in [2.45, 2.75) is 63.3 Å². The van der Waals surface area contributed by atoms with Gasteiger partial charge < -0.3 is 24.8 Å². The Balaban J connectivity index is 0.000000296. The molecule has 0 bridgehead atoms. The van der Waals surface area contributed by atoms with Crippen molar-refractivity contribution >= 4 is 0 Å². The third-order valence-electron chi connectivity index (χ3n) is 4.42. The lowest BCUT2D eigenvalue weighted by atomic mass is 10.0. The van der Waals surface area contributed by atoms with E-state index in [-0.39, 0.29) is 30.2 Å². The van der Waals surface area contributed by atoms with Crippen LogP contribution >= 0.6 is 0 Å². The Kier molecular flexibility index (Phi) is 13.1. The highest BCUT2D eigenvalue weighted by Gasteiger charge is 2.28. The summed E-state index contributed by atoms with van der Waals surface area (Å²) in [6, 6.07) is 6.80. The SMILES string of the molecule is C#CCCCCCCOc1ccc(O)cc1.OC1COC(CCN(O)O)CC1O. The van der Waals surface area contributed by atoms with E-state index in [4.69, 9.17) is 36.5 Å². The van der Waals surface area contributed by atoms with Crippen LogP contribution in [0.25, 0.3) is 0 Å². The number of nitrogens with zero attached hydrogens (tertiary/aromatic N) is 1. The molecule has 3 unspecified atom stereocenters. The Morgan fingerprint density at radius 3 is 2.38 bits per heavy atom. The quantitative estimate of drug-likeness (QED) is 0.226. The normalized spacial score (nSPS) is 21.2. The molecular formula is C21H33NO7. The second-order valence-corrected chi connectivity index (χ2v) is 6.92. The molecule has 0 saturated carbocycles. The number of hydrogen-bond acceptors (Lipinski definition) is 8. The topological polar surface area (TPSA) is 123 Å². The number of hydrogen-bond donors (Lipinski definition) is 5. The van der Waals surface area contributed by atoms with Gasteiger partial charge in [-0.05, 0) is 43.5 Å². The Morgan fingerprint density at radius 1 is 1.07 bits per heavy atom.